The first-order valence-corrected chi connectivity index (χ1v) is 6.98. The van der Waals surface area contributed by atoms with Gasteiger partial charge in [-0.3, -0.25) is 4.79 Å². The van der Waals surface area contributed by atoms with Gasteiger partial charge in [0.15, 0.2) is 0 Å². The summed E-state index contributed by atoms with van der Waals surface area (Å²) < 4.78 is 5.94. The number of carbonyl (C=O) groups is 2. The molecule has 5 nitrogen and oxygen atoms in total. The molecule has 21 heavy (non-hydrogen) atoms. The number of benzene rings is 1. The van der Waals surface area contributed by atoms with Crippen molar-refractivity contribution in [3.05, 3.63) is 29.3 Å². The molecule has 0 aromatic heterocycles. The van der Waals surface area contributed by atoms with Crippen LogP contribution >= 0.6 is 0 Å². The normalized spacial score (nSPS) is 15.5. The second-order valence-corrected chi connectivity index (χ2v) is 6.50. The molecule has 1 saturated heterocycles. The van der Waals surface area contributed by atoms with Crippen molar-refractivity contribution in [3.63, 3.8) is 0 Å². The van der Waals surface area contributed by atoms with Gasteiger partial charge < -0.3 is 14.7 Å². The highest BCUT2D eigenvalue weighted by atomic mass is 16.5. The summed E-state index contributed by atoms with van der Waals surface area (Å²) in [5.41, 5.74) is 2.25. The van der Waals surface area contributed by atoms with Gasteiger partial charge in [0.2, 0.25) is 0 Å². The van der Waals surface area contributed by atoms with Crippen molar-refractivity contribution in [1.82, 2.24) is 4.90 Å². The molecule has 0 radical (unpaired) electrons. The SMILES string of the molecule is Cc1ccc(OC2CN(C(=O)C(=O)O)C2)c(C(C)(C)C)c1. The van der Waals surface area contributed by atoms with Gasteiger partial charge in [0.1, 0.15) is 11.9 Å². The van der Waals surface area contributed by atoms with Gasteiger partial charge in [0.25, 0.3) is 0 Å². The molecule has 0 atom stereocenters. The fourth-order valence-corrected chi connectivity index (χ4v) is 2.33. The number of carbonyl (C=O) groups excluding carboxylic acids is 1. The van der Waals surface area contributed by atoms with E-state index < -0.39 is 11.9 Å². The maximum Gasteiger partial charge on any atom is 0.394 e. The van der Waals surface area contributed by atoms with Crippen LogP contribution in [0.2, 0.25) is 0 Å². The summed E-state index contributed by atoms with van der Waals surface area (Å²) in [6.07, 6.45) is -0.142. The second kappa shape index (κ2) is 5.39. The van der Waals surface area contributed by atoms with Gasteiger partial charge in [-0.1, -0.05) is 38.5 Å². The number of carboxylic acid groups (broad SMARTS) is 1. The Hall–Kier alpha value is -2.04. The average Bonchev–Trinajstić information content (AvgIpc) is 2.32. The standard InChI is InChI=1S/C16H21NO4/c1-10-5-6-13(12(7-10)16(2,3)4)21-11-8-17(9-11)14(18)15(19)20/h5-7,11H,8-9H2,1-4H3,(H,19,20). The van der Waals surface area contributed by atoms with Gasteiger partial charge in [-0.15, -0.1) is 0 Å². The Labute approximate surface area is 124 Å². The van der Waals surface area contributed by atoms with Crippen LogP contribution in [0.25, 0.3) is 0 Å². The summed E-state index contributed by atoms with van der Waals surface area (Å²) in [7, 11) is 0. The Bertz CT molecular complexity index is 568. The number of carboxylic acids is 1. The number of rotatable bonds is 2. The fourth-order valence-electron chi connectivity index (χ4n) is 2.33. The van der Waals surface area contributed by atoms with Crippen molar-refractivity contribution in [2.75, 3.05) is 13.1 Å². The van der Waals surface area contributed by atoms with Gasteiger partial charge in [0.05, 0.1) is 13.1 Å². The lowest BCUT2D eigenvalue weighted by Gasteiger charge is -2.38. The molecule has 5 heteroatoms. The predicted molar refractivity (Wildman–Crippen MR) is 78.5 cm³/mol. The molecule has 1 amide bonds. The maximum absolute atomic E-state index is 11.3. The Morgan fingerprint density at radius 3 is 2.43 bits per heavy atom. The molecule has 1 fully saturated rings. The molecular formula is C16H21NO4. The van der Waals surface area contributed by atoms with Crippen molar-refractivity contribution in [3.8, 4) is 5.75 Å². The summed E-state index contributed by atoms with van der Waals surface area (Å²) in [5.74, 6) is -1.48. The zero-order valence-electron chi connectivity index (χ0n) is 12.8. The van der Waals surface area contributed by atoms with Crippen molar-refractivity contribution in [1.29, 1.82) is 0 Å². The first kappa shape index (κ1) is 15.4. The Kier molecular flexibility index (Phi) is 3.94. The molecule has 2 rings (SSSR count). The average molecular weight is 291 g/mol. The first-order valence-electron chi connectivity index (χ1n) is 6.98. The Morgan fingerprint density at radius 1 is 1.29 bits per heavy atom. The van der Waals surface area contributed by atoms with Crippen LogP contribution in [0.3, 0.4) is 0 Å². The number of likely N-dealkylation sites (tertiary alicyclic amines) is 1. The van der Waals surface area contributed by atoms with Gasteiger partial charge in [-0.2, -0.15) is 0 Å². The van der Waals surface area contributed by atoms with E-state index >= 15 is 0 Å². The molecule has 0 aliphatic carbocycles. The van der Waals surface area contributed by atoms with Crippen LogP contribution in [-0.2, 0) is 15.0 Å². The highest BCUT2D eigenvalue weighted by Crippen LogP contribution is 2.33. The summed E-state index contributed by atoms with van der Waals surface area (Å²) in [5, 5.41) is 8.64. The summed E-state index contributed by atoms with van der Waals surface area (Å²) in [6, 6.07) is 6.04. The van der Waals surface area contributed by atoms with Crippen LogP contribution in [0, 0.1) is 6.92 Å². The zero-order valence-corrected chi connectivity index (χ0v) is 12.8. The lowest BCUT2D eigenvalue weighted by atomic mass is 9.85. The topological polar surface area (TPSA) is 66.8 Å². The molecule has 0 bridgehead atoms. The Morgan fingerprint density at radius 2 is 1.90 bits per heavy atom. The van der Waals surface area contributed by atoms with Gasteiger partial charge in [0, 0.05) is 0 Å². The summed E-state index contributed by atoms with van der Waals surface area (Å²) in [6.45, 7) is 9.04. The second-order valence-electron chi connectivity index (χ2n) is 6.50. The fraction of sp³-hybridized carbons (Fsp3) is 0.500. The number of amides is 1. The van der Waals surface area contributed by atoms with Crippen LogP contribution in [0.4, 0.5) is 0 Å². The van der Waals surface area contributed by atoms with Crippen molar-refractivity contribution in [2.24, 2.45) is 0 Å². The van der Waals surface area contributed by atoms with Gasteiger partial charge in [-0.25, -0.2) is 4.79 Å². The lowest BCUT2D eigenvalue weighted by molar-refractivity contribution is -0.160. The minimum absolute atomic E-state index is 0.0400. The first-order chi connectivity index (χ1) is 9.68. The van der Waals surface area contributed by atoms with Crippen LogP contribution in [0.1, 0.15) is 31.9 Å². The Balaban J connectivity index is 2.06. The lowest BCUT2D eigenvalue weighted by Crippen LogP contribution is -2.58. The van der Waals surface area contributed by atoms with Crippen molar-refractivity contribution in [2.45, 2.75) is 39.2 Å². The predicted octanol–water partition coefficient (Wildman–Crippen LogP) is 1.97. The van der Waals surface area contributed by atoms with Crippen LogP contribution in [0.5, 0.6) is 5.75 Å². The monoisotopic (exact) mass is 291 g/mol. The quantitative estimate of drug-likeness (QED) is 0.846. The molecule has 1 heterocycles. The largest absolute Gasteiger partial charge is 0.486 e. The van der Waals surface area contributed by atoms with E-state index in [1.165, 1.54) is 10.5 Å². The molecule has 1 aromatic carbocycles. The van der Waals surface area contributed by atoms with E-state index in [2.05, 4.69) is 26.8 Å². The molecule has 0 spiro atoms. The van der Waals surface area contributed by atoms with E-state index in [9.17, 15) is 9.59 Å². The van der Waals surface area contributed by atoms with Crippen LogP contribution in [-0.4, -0.2) is 41.1 Å². The number of aryl methyl sites for hydroxylation is 1. The number of ether oxygens (including phenoxy) is 1. The van der Waals surface area contributed by atoms with E-state index in [0.717, 1.165) is 11.3 Å². The number of aliphatic carboxylic acids is 1. The van der Waals surface area contributed by atoms with Crippen molar-refractivity contribution < 1.29 is 19.4 Å². The molecule has 1 N–H and O–H groups in total. The van der Waals surface area contributed by atoms with E-state index in [-0.39, 0.29) is 11.5 Å². The zero-order chi connectivity index (χ0) is 15.8. The highest BCUT2D eigenvalue weighted by molar-refractivity contribution is 6.31. The third kappa shape index (κ3) is 3.35. The molecule has 1 aliphatic rings. The molecule has 0 saturated carbocycles. The van der Waals surface area contributed by atoms with E-state index in [4.69, 9.17) is 9.84 Å². The highest BCUT2D eigenvalue weighted by Gasteiger charge is 2.36. The minimum Gasteiger partial charge on any atom is -0.486 e. The van der Waals surface area contributed by atoms with Gasteiger partial charge in [-0.05, 0) is 24.0 Å². The number of hydrogen-bond acceptors (Lipinski definition) is 3. The minimum atomic E-state index is -1.42. The molecule has 1 aromatic rings. The van der Waals surface area contributed by atoms with Crippen LogP contribution in [0.15, 0.2) is 18.2 Å². The van der Waals surface area contributed by atoms with E-state index in [0.29, 0.717) is 13.1 Å². The number of nitrogens with zero attached hydrogens (tertiary/aromatic N) is 1. The van der Waals surface area contributed by atoms with E-state index in [1.807, 2.05) is 19.1 Å². The number of hydrogen-bond donors (Lipinski definition) is 1. The van der Waals surface area contributed by atoms with Crippen molar-refractivity contribution >= 4 is 11.9 Å². The van der Waals surface area contributed by atoms with Crippen LogP contribution < -0.4 is 4.74 Å². The molecule has 114 valence electrons. The molecule has 1 aliphatic heterocycles. The van der Waals surface area contributed by atoms with E-state index in [1.54, 1.807) is 0 Å². The van der Waals surface area contributed by atoms with Gasteiger partial charge >= 0.3 is 11.9 Å². The molecule has 0 unspecified atom stereocenters. The maximum atomic E-state index is 11.3. The smallest absolute Gasteiger partial charge is 0.394 e. The third-order valence-corrected chi connectivity index (χ3v) is 3.55. The summed E-state index contributed by atoms with van der Waals surface area (Å²) >= 11 is 0. The third-order valence-electron chi connectivity index (χ3n) is 3.55. The summed E-state index contributed by atoms with van der Waals surface area (Å²) in [4.78, 5) is 23.1. The molecular weight excluding hydrogens is 270 g/mol.